The number of piperazine rings is 1. The Hall–Kier alpha value is -3.69. The van der Waals surface area contributed by atoms with Crippen LogP contribution in [0.4, 0.5) is 17.1 Å². The molecule has 2 amide bonds. The minimum atomic E-state index is -0.197. The van der Waals surface area contributed by atoms with E-state index in [-0.39, 0.29) is 18.4 Å². The zero-order chi connectivity index (χ0) is 27.4. The zero-order valence-electron chi connectivity index (χ0n) is 21.9. The number of benzene rings is 3. The van der Waals surface area contributed by atoms with Crippen LogP contribution in [0.1, 0.15) is 11.1 Å². The first-order chi connectivity index (χ1) is 18.9. The molecule has 0 spiro atoms. The van der Waals surface area contributed by atoms with Crippen molar-refractivity contribution in [2.75, 3.05) is 68.5 Å². The van der Waals surface area contributed by atoms with Gasteiger partial charge in [0.25, 0.3) is 5.91 Å². The van der Waals surface area contributed by atoms with Crippen LogP contribution < -0.4 is 15.5 Å². The van der Waals surface area contributed by atoms with Gasteiger partial charge in [-0.15, -0.1) is 0 Å². The van der Waals surface area contributed by atoms with E-state index in [2.05, 4.69) is 20.4 Å². The summed E-state index contributed by atoms with van der Waals surface area (Å²) in [6.45, 7) is 4.51. The molecule has 0 aliphatic carbocycles. The summed E-state index contributed by atoms with van der Waals surface area (Å²) in [5, 5.41) is 16.1. The number of nitrogens with zero attached hydrogens (tertiary/aromatic N) is 3. The Morgan fingerprint density at radius 3 is 2.38 bits per heavy atom. The van der Waals surface area contributed by atoms with Gasteiger partial charge in [0.1, 0.15) is 0 Å². The number of anilines is 3. The van der Waals surface area contributed by atoms with Crippen molar-refractivity contribution >= 4 is 51.7 Å². The van der Waals surface area contributed by atoms with Crippen molar-refractivity contribution in [1.82, 2.24) is 9.80 Å². The van der Waals surface area contributed by atoms with Crippen molar-refractivity contribution in [1.29, 1.82) is 0 Å². The molecular weight excluding hydrogens is 514 g/mol. The maximum absolute atomic E-state index is 13.1. The highest BCUT2D eigenvalue weighted by Gasteiger charge is 2.28. The number of amides is 2. The van der Waals surface area contributed by atoms with Crippen molar-refractivity contribution in [2.45, 2.75) is 0 Å². The van der Waals surface area contributed by atoms with Crippen LogP contribution in [-0.4, -0.2) is 79.6 Å². The number of nitrogens with one attached hydrogen (secondary N) is 2. The van der Waals surface area contributed by atoms with Gasteiger partial charge < -0.3 is 20.6 Å². The Morgan fingerprint density at radius 2 is 1.69 bits per heavy atom. The van der Waals surface area contributed by atoms with E-state index >= 15 is 0 Å². The summed E-state index contributed by atoms with van der Waals surface area (Å²) in [6, 6.07) is 22.7. The molecule has 3 N–H and O–H groups in total. The van der Waals surface area contributed by atoms with Gasteiger partial charge in [0.05, 0.1) is 30.1 Å². The number of carbonyl (C=O) groups excluding carboxylic acids is 2. The smallest absolute Gasteiger partial charge is 0.258 e. The molecule has 1 fully saturated rings. The van der Waals surface area contributed by atoms with E-state index in [0.717, 1.165) is 48.7 Å². The summed E-state index contributed by atoms with van der Waals surface area (Å²) in [7, 11) is 1.79. The summed E-state index contributed by atoms with van der Waals surface area (Å²) >= 11 is 6.16. The number of fused-ring (bicyclic) bond motifs is 1. The van der Waals surface area contributed by atoms with E-state index in [9.17, 15) is 9.59 Å². The lowest BCUT2D eigenvalue weighted by atomic mass is 10.00. The molecule has 9 heteroatoms. The predicted octanol–water partition coefficient (Wildman–Crippen LogP) is 3.85. The Labute approximate surface area is 233 Å². The summed E-state index contributed by atoms with van der Waals surface area (Å²) in [5.74, 6) is -0.172. The third kappa shape index (κ3) is 6.15. The Bertz CT molecular complexity index is 1370. The summed E-state index contributed by atoms with van der Waals surface area (Å²) in [4.78, 5) is 32.1. The van der Waals surface area contributed by atoms with Crippen molar-refractivity contribution in [3.8, 4) is 0 Å². The lowest BCUT2D eigenvalue weighted by Gasteiger charge is -2.34. The van der Waals surface area contributed by atoms with E-state index in [4.69, 9.17) is 16.7 Å². The van der Waals surface area contributed by atoms with Gasteiger partial charge in [-0.1, -0.05) is 48.0 Å². The van der Waals surface area contributed by atoms with Gasteiger partial charge in [-0.05, 0) is 42.0 Å². The maximum atomic E-state index is 13.1. The molecule has 0 bridgehead atoms. The average molecular weight is 546 g/mol. The van der Waals surface area contributed by atoms with Gasteiger partial charge in [0, 0.05) is 61.7 Å². The number of hydrogen-bond donors (Lipinski definition) is 3. The fraction of sp³-hybridized carbons (Fsp3) is 0.267. The normalized spacial score (nSPS) is 16.9. The molecular formula is C30H32ClN5O3. The van der Waals surface area contributed by atoms with E-state index in [0.29, 0.717) is 35.1 Å². The van der Waals surface area contributed by atoms with Crippen molar-refractivity contribution in [3.63, 3.8) is 0 Å². The molecule has 39 heavy (non-hydrogen) atoms. The van der Waals surface area contributed by atoms with Crippen LogP contribution >= 0.6 is 11.6 Å². The summed E-state index contributed by atoms with van der Waals surface area (Å²) in [5.41, 5.74) is 5.16. The van der Waals surface area contributed by atoms with E-state index < -0.39 is 0 Å². The molecule has 0 saturated carbocycles. The van der Waals surface area contributed by atoms with Gasteiger partial charge in [0.2, 0.25) is 5.91 Å². The van der Waals surface area contributed by atoms with Gasteiger partial charge in [0.15, 0.2) is 0 Å². The van der Waals surface area contributed by atoms with Gasteiger partial charge in [-0.25, -0.2) is 0 Å². The minimum Gasteiger partial charge on any atom is -0.395 e. The summed E-state index contributed by atoms with van der Waals surface area (Å²) < 4.78 is 0. The second-order valence-corrected chi connectivity index (χ2v) is 10.2. The number of β-amino-alcohol motifs (C(OH)–C–C–N with tert-alkyl or cyclic N) is 1. The highest BCUT2D eigenvalue weighted by atomic mass is 35.5. The van der Waals surface area contributed by atoms with E-state index in [1.807, 2.05) is 60.7 Å². The Kier molecular flexibility index (Phi) is 8.28. The number of likely N-dealkylation sites (N-methyl/N-ethyl adjacent to an activating group) is 1. The number of aliphatic hydroxyl groups excluding tert-OH is 1. The first-order valence-corrected chi connectivity index (χ1v) is 13.4. The molecule has 1 saturated heterocycles. The highest BCUT2D eigenvalue weighted by molar-refractivity contribution is 6.38. The van der Waals surface area contributed by atoms with E-state index in [1.54, 1.807) is 24.1 Å². The second-order valence-electron chi connectivity index (χ2n) is 9.73. The third-order valence-corrected chi connectivity index (χ3v) is 7.41. The quantitative estimate of drug-likeness (QED) is 0.373. The van der Waals surface area contributed by atoms with Crippen LogP contribution in [0, 0.1) is 0 Å². The molecule has 5 rings (SSSR count). The zero-order valence-corrected chi connectivity index (χ0v) is 22.6. The van der Waals surface area contributed by atoms with Crippen molar-refractivity contribution in [3.05, 3.63) is 88.9 Å². The minimum absolute atomic E-state index is 0.0244. The van der Waals surface area contributed by atoms with Crippen LogP contribution in [0.15, 0.2) is 72.8 Å². The number of hydrogen-bond acceptors (Lipinski definition) is 6. The third-order valence-electron chi connectivity index (χ3n) is 7.18. The second kappa shape index (κ2) is 12.0. The molecule has 0 aromatic heterocycles. The fourth-order valence-corrected chi connectivity index (χ4v) is 5.12. The first kappa shape index (κ1) is 26.9. The number of aliphatic hydroxyl groups is 1. The highest BCUT2D eigenvalue weighted by Crippen LogP contribution is 2.38. The van der Waals surface area contributed by atoms with Crippen LogP contribution in [-0.2, 0) is 9.59 Å². The number of halogens is 1. The van der Waals surface area contributed by atoms with Crippen LogP contribution in [0.5, 0.6) is 0 Å². The molecule has 2 aliphatic rings. The van der Waals surface area contributed by atoms with Gasteiger partial charge >= 0.3 is 0 Å². The Balaban J connectivity index is 1.33. The molecule has 3 aromatic rings. The first-order valence-electron chi connectivity index (χ1n) is 13.0. The monoisotopic (exact) mass is 545 g/mol. The molecule has 0 atom stereocenters. The summed E-state index contributed by atoms with van der Waals surface area (Å²) in [6.07, 6.45) is 0. The molecule has 2 aliphatic heterocycles. The number of carbonyl (C=O) groups is 2. The van der Waals surface area contributed by atoms with Gasteiger partial charge in [-0.2, -0.15) is 0 Å². The van der Waals surface area contributed by atoms with Gasteiger partial charge in [-0.3, -0.25) is 19.4 Å². The molecule has 202 valence electrons. The van der Waals surface area contributed by atoms with Crippen LogP contribution in [0.2, 0.25) is 5.02 Å². The number of rotatable bonds is 8. The van der Waals surface area contributed by atoms with Crippen molar-refractivity contribution in [2.24, 2.45) is 0 Å². The average Bonchev–Trinajstić information content (AvgIpc) is 3.27. The largest absolute Gasteiger partial charge is 0.395 e. The van der Waals surface area contributed by atoms with Crippen LogP contribution in [0.25, 0.3) is 11.3 Å². The fourth-order valence-electron chi connectivity index (χ4n) is 4.94. The topological polar surface area (TPSA) is 88.2 Å². The SMILES string of the molecule is CN(C(=O)CN1CCN(CCO)CC1)c1ccc(NC(=C2C(=O)Nc3cc(Cl)ccc32)c2ccccc2)cc1. The molecule has 0 radical (unpaired) electrons. The molecule has 3 aromatic carbocycles. The van der Waals surface area contributed by atoms with E-state index in [1.165, 1.54) is 0 Å². The maximum Gasteiger partial charge on any atom is 0.258 e. The molecule has 2 heterocycles. The lowest BCUT2D eigenvalue weighted by molar-refractivity contribution is -0.120. The van der Waals surface area contributed by atoms with Crippen molar-refractivity contribution < 1.29 is 14.7 Å². The molecule has 8 nitrogen and oxygen atoms in total. The molecule has 0 unspecified atom stereocenters. The lowest BCUT2D eigenvalue weighted by Crippen LogP contribution is -2.50. The van der Waals surface area contributed by atoms with Crippen LogP contribution in [0.3, 0.4) is 0 Å². The standard InChI is InChI=1S/C30H32ClN5O3/c1-34(27(38)20-36-15-13-35(14-16-36)17-18-37)24-10-8-23(9-11-24)32-29(21-5-3-2-4-6-21)28-25-12-7-22(31)19-26(25)33-30(28)39/h2-12,19,32,37H,13-18,20H2,1H3,(H,33,39). The predicted molar refractivity (Wildman–Crippen MR) is 157 cm³/mol. The Morgan fingerprint density at radius 1 is 1.00 bits per heavy atom.